The van der Waals surface area contributed by atoms with Crippen molar-refractivity contribution in [3.05, 3.63) is 30.5 Å². The van der Waals surface area contributed by atoms with Gasteiger partial charge in [-0.2, -0.15) is 0 Å². The van der Waals surface area contributed by atoms with E-state index in [4.69, 9.17) is 14.2 Å². The first-order valence-electron chi connectivity index (χ1n) is 8.26. The third-order valence-corrected chi connectivity index (χ3v) is 4.74. The number of fused-ring (bicyclic) bond motifs is 1. The van der Waals surface area contributed by atoms with E-state index >= 15 is 0 Å². The molecule has 0 saturated carbocycles. The first kappa shape index (κ1) is 14.7. The highest BCUT2D eigenvalue weighted by atomic mass is 16.5. The normalized spacial score (nSPS) is 25.0. The number of rotatable bonds is 3. The zero-order valence-electron chi connectivity index (χ0n) is 13.4. The second kappa shape index (κ2) is 6.34. The molecule has 2 aliphatic rings. The minimum absolute atomic E-state index is 0.153. The van der Waals surface area contributed by atoms with Crippen molar-refractivity contribution in [2.45, 2.75) is 25.0 Å². The van der Waals surface area contributed by atoms with Crippen LogP contribution in [0.1, 0.15) is 12.8 Å². The molecule has 5 heteroatoms. The second-order valence-electron chi connectivity index (χ2n) is 6.09. The molecule has 5 nitrogen and oxygen atoms in total. The molecule has 122 valence electrons. The quantitative estimate of drug-likeness (QED) is 0.871. The van der Waals surface area contributed by atoms with Crippen molar-refractivity contribution in [1.29, 1.82) is 0 Å². The third kappa shape index (κ3) is 2.75. The summed E-state index contributed by atoms with van der Waals surface area (Å²) in [4.78, 5) is 6.88. The Hall–Kier alpha value is -1.85. The number of anilines is 1. The second-order valence-corrected chi connectivity index (χ2v) is 6.09. The summed E-state index contributed by atoms with van der Waals surface area (Å²) in [6.07, 6.45) is 4.49. The van der Waals surface area contributed by atoms with E-state index in [0.29, 0.717) is 0 Å². The molecule has 23 heavy (non-hydrogen) atoms. The molecule has 2 aromatic rings. The van der Waals surface area contributed by atoms with E-state index in [1.165, 1.54) is 5.69 Å². The fourth-order valence-corrected chi connectivity index (χ4v) is 3.59. The van der Waals surface area contributed by atoms with E-state index in [1.54, 1.807) is 7.11 Å². The summed E-state index contributed by atoms with van der Waals surface area (Å²) in [6.45, 7) is 3.35. The summed E-state index contributed by atoms with van der Waals surface area (Å²) in [5.41, 5.74) is 2.10. The lowest BCUT2D eigenvalue weighted by Crippen LogP contribution is -2.47. The summed E-state index contributed by atoms with van der Waals surface area (Å²) in [6, 6.07) is 8.16. The average Bonchev–Trinajstić information content (AvgIpc) is 3.15. The van der Waals surface area contributed by atoms with E-state index in [-0.39, 0.29) is 12.2 Å². The molecule has 3 heterocycles. The molecular formula is C18H22N2O3. The van der Waals surface area contributed by atoms with E-state index < -0.39 is 0 Å². The van der Waals surface area contributed by atoms with Crippen LogP contribution in [-0.2, 0) is 9.47 Å². The molecule has 2 saturated heterocycles. The van der Waals surface area contributed by atoms with E-state index in [1.807, 2.05) is 18.3 Å². The van der Waals surface area contributed by atoms with Crippen LogP contribution in [0.15, 0.2) is 30.5 Å². The van der Waals surface area contributed by atoms with Crippen molar-refractivity contribution in [2.24, 2.45) is 0 Å². The maximum Gasteiger partial charge on any atom is 0.145 e. The van der Waals surface area contributed by atoms with Gasteiger partial charge in [-0.1, -0.05) is 12.1 Å². The smallest absolute Gasteiger partial charge is 0.145 e. The lowest BCUT2D eigenvalue weighted by atomic mass is 10.1. The van der Waals surface area contributed by atoms with Crippen molar-refractivity contribution in [3.8, 4) is 5.75 Å². The van der Waals surface area contributed by atoms with Gasteiger partial charge < -0.3 is 19.1 Å². The molecule has 0 spiro atoms. The van der Waals surface area contributed by atoms with Crippen LogP contribution in [0, 0.1) is 0 Å². The monoisotopic (exact) mass is 314 g/mol. The van der Waals surface area contributed by atoms with E-state index in [0.717, 1.165) is 55.8 Å². The highest BCUT2D eigenvalue weighted by Gasteiger charge is 2.31. The third-order valence-electron chi connectivity index (χ3n) is 4.74. The topological polar surface area (TPSA) is 43.8 Å². The molecule has 0 aliphatic carbocycles. The fourth-order valence-electron chi connectivity index (χ4n) is 3.59. The van der Waals surface area contributed by atoms with Gasteiger partial charge in [0.05, 0.1) is 19.8 Å². The number of nitrogens with zero attached hydrogens (tertiary/aromatic N) is 2. The summed E-state index contributed by atoms with van der Waals surface area (Å²) in [5, 5.41) is 1.12. The molecule has 2 fully saturated rings. The maximum atomic E-state index is 5.96. The van der Waals surface area contributed by atoms with Gasteiger partial charge in [0.25, 0.3) is 0 Å². The van der Waals surface area contributed by atoms with Gasteiger partial charge in [0.15, 0.2) is 0 Å². The molecule has 0 unspecified atom stereocenters. The number of ether oxygens (including phenoxy) is 3. The number of hydrogen-bond donors (Lipinski definition) is 0. The number of benzene rings is 1. The molecule has 2 atom stereocenters. The van der Waals surface area contributed by atoms with Gasteiger partial charge in [-0.05, 0) is 25.0 Å². The van der Waals surface area contributed by atoms with Crippen LogP contribution in [0.5, 0.6) is 5.75 Å². The minimum atomic E-state index is 0.153. The molecule has 0 radical (unpaired) electrons. The SMILES string of the molecule is COc1cccc2c(N3CCO[C@H]([C@H]4CCCO4)C3)ccnc12. The van der Waals surface area contributed by atoms with Crippen LogP contribution in [0.25, 0.3) is 10.9 Å². The Labute approximate surface area is 136 Å². The van der Waals surface area contributed by atoms with Gasteiger partial charge in [0.2, 0.25) is 0 Å². The first-order valence-corrected chi connectivity index (χ1v) is 8.26. The zero-order valence-corrected chi connectivity index (χ0v) is 13.4. The van der Waals surface area contributed by atoms with Gasteiger partial charge in [-0.15, -0.1) is 0 Å². The van der Waals surface area contributed by atoms with Gasteiger partial charge in [-0.25, -0.2) is 0 Å². The number of pyridine rings is 1. The number of aromatic nitrogens is 1. The molecular weight excluding hydrogens is 292 g/mol. The molecule has 0 amide bonds. The van der Waals surface area contributed by atoms with E-state index in [9.17, 15) is 0 Å². The molecule has 1 aromatic heterocycles. The predicted molar refractivity (Wildman–Crippen MR) is 89.2 cm³/mol. The predicted octanol–water partition coefficient (Wildman–Crippen LogP) is 2.63. The van der Waals surface area contributed by atoms with Crippen molar-refractivity contribution >= 4 is 16.6 Å². The van der Waals surface area contributed by atoms with Gasteiger partial charge >= 0.3 is 0 Å². The molecule has 0 bridgehead atoms. The Balaban J connectivity index is 1.65. The Morgan fingerprint density at radius 1 is 1.17 bits per heavy atom. The summed E-state index contributed by atoms with van der Waals surface area (Å²) >= 11 is 0. The lowest BCUT2D eigenvalue weighted by Gasteiger charge is -2.37. The number of hydrogen-bond acceptors (Lipinski definition) is 5. The first-order chi connectivity index (χ1) is 11.4. The molecule has 2 aliphatic heterocycles. The van der Waals surface area contributed by atoms with E-state index in [2.05, 4.69) is 22.0 Å². The lowest BCUT2D eigenvalue weighted by molar-refractivity contribution is -0.0542. The standard InChI is InChI=1S/C18H22N2O3/c1-21-16-5-2-4-13-14(7-8-19-18(13)16)20-9-11-23-17(12-20)15-6-3-10-22-15/h2,4-5,7-8,15,17H,3,6,9-12H2,1H3/t15-,17+/m1/s1. The molecule has 4 rings (SSSR count). The Bertz CT molecular complexity index is 685. The van der Waals surface area contributed by atoms with Crippen LogP contribution in [0.3, 0.4) is 0 Å². The van der Waals surface area contributed by atoms with Gasteiger partial charge in [0, 0.05) is 37.0 Å². The number of para-hydroxylation sites is 1. The average molecular weight is 314 g/mol. The van der Waals surface area contributed by atoms with Crippen molar-refractivity contribution in [3.63, 3.8) is 0 Å². The number of morpholine rings is 1. The van der Waals surface area contributed by atoms with Crippen LogP contribution in [-0.4, -0.2) is 50.6 Å². The maximum absolute atomic E-state index is 5.96. The number of methoxy groups -OCH3 is 1. The highest BCUT2D eigenvalue weighted by Crippen LogP contribution is 2.32. The highest BCUT2D eigenvalue weighted by molar-refractivity contribution is 5.95. The van der Waals surface area contributed by atoms with Gasteiger partial charge in [-0.3, -0.25) is 4.98 Å². The zero-order chi connectivity index (χ0) is 15.6. The van der Waals surface area contributed by atoms with Crippen LogP contribution in [0.2, 0.25) is 0 Å². The summed E-state index contributed by atoms with van der Waals surface area (Å²) < 4.78 is 17.2. The van der Waals surface area contributed by atoms with Crippen molar-refractivity contribution in [1.82, 2.24) is 4.98 Å². The van der Waals surface area contributed by atoms with Crippen LogP contribution >= 0.6 is 0 Å². The summed E-state index contributed by atoms with van der Waals surface area (Å²) in [5.74, 6) is 0.813. The Morgan fingerprint density at radius 2 is 2.09 bits per heavy atom. The molecule has 0 N–H and O–H groups in total. The van der Waals surface area contributed by atoms with Crippen LogP contribution < -0.4 is 9.64 Å². The Morgan fingerprint density at radius 3 is 2.91 bits per heavy atom. The van der Waals surface area contributed by atoms with Crippen LogP contribution in [0.4, 0.5) is 5.69 Å². The van der Waals surface area contributed by atoms with Gasteiger partial charge in [0.1, 0.15) is 17.4 Å². The Kier molecular flexibility index (Phi) is 4.06. The minimum Gasteiger partial charge on any atom is -0.494 e. The van der Waals surface area contributed by atoms with Crippen molar-refractivity contribution in [2.75, 3.05) is 38.3 Å². The van der Waals surface area contributed by atoms with Crippen molar-refractivity contribution < 1.29 is 14.2 Å². The largest absolute Gasteiger partial charge is 0.494 e. The fraction of sp³-hybridized carbons (Fsp3) is 0.500. The summed E-state index contributed by atoms with van der Waals surface area (Å²) in [7, 11) is 1.69. The molecule has 1 aromatic carbocycles.